The van der Waals surface area contributed by atoms with Gasteiger partial charge in [0.25, 0.3) is 5.91 Å². The maximum absolute atomic E-state index is 12.2. The van der Waals surface area contributed by atoms with Crippen LogP contribution in [0.5, 0.6) is 0 Å². The van der Waals surface area contributed by atoms with Crippen molar-refractivity contribution in [1.82, 2.24) is 5.32 Å². The van der Waals surface area contributed by atoms with Crippen LogP contribution in [0.2, 0.25) is 0 Å². The Morgan fingerprint density at radius 2 is 2.05 bits per heavy atom. The molecule has 0 radical (unpaired) electrons. The molecular formula is C15H22BrClN2O. The normalized spacial score (nSPS) is 17.1. The molecule has 0 saturated heterocycles. The number of carbonyl (C=O) groups excluding carboxylic acids is 1. The number of nitrogens with one attached hydrogen (secondary N) is 1. The molecule has 1 fully saturated rings. The standard InChI is InChI=1S/C15H21BrN2O.ClH/c16-13-8-4-7-12(9-13)15(19)18-14(10-17)11-5-2-1-3-6-11;/h4,7-9,11,14H,1-3,5-6,10,17H2,(H,18,19);1H. The molecule has 1 aromatic carbocycles. The van der Waals surface area contributed by atoms with Crippen molar-refractivity contribution in [3.63, 3.8) is 0 Å². The summed E-state index contributed by atoms with van der Waals surface area (Å²) in [5, 5.41) is 3.10. The summed E-state index contributed by atoms with van der Waals surface area (Å²) in [4.78, 5) is 12.2. The molecule has 1 aliphatic carbocycles. The first-order chi connectivity index (χ1) is 9.20. The van der Waals surface area contributed by atoms with Gasteiger partial charge in [0.1, 0.15) is 0 Å². The molecule has 1 atom stereocenters. The summed E-state index contributed by atoms with van der Waals surface area (Å²) in [6.45, 7) is 0.518. The van der Waals surface area contributed by atoms with Crippen LogP contribution >= 0.6 is 28.3 Å². The first-order valence-electron chi connectivity index (χ1n) is 6.97. The lowest BCUT2D eigenvalue weighted by Crippen LogP contribution is -2.45. The van der Waals surface area contributed by atoms with E-state index in [4.69, 9.17) is 5.73 Å². The van der Waals surface area contributed by atoms with Crippen molar-refractivity contribution in [2.24, 2.45) is 11.7 Å². The van der Waals surface area contributed by atoms with Gasteiger partial charge in [-0.25, -0.2) is 0 Å². The Kier molecular flexibility index (Phi) is 7.56. The van der Waals surface area contributed by atoms with Gasteiger partial charge >= 0.3 is 0 Å². The van der Waals surface area contributed by atoms with Crippen LogP contribution in [-0.2, 0) is 0 Å². The van der Waals surface area contributed by atoms with Gasteiger partial charge in [-0.05, 0) is 37.0 Å². The van der Waals surface area contributed by atoms with Gasteiger partial charge in [-0.15, -0.1) is 12.4 Å². The number of hydrogen-bond donors (Lipinski definition) is 2. The molecule has 0 aromatic heterocycles. The van der Waals surface area contributed by atoms with Crippen molar-refractivity contribution >= 4 is 34.2 Å². The first-order valence-corrected chi connectivity index (χ1v) is 7.76. The third-order valence-corrected chi connectivity index (χ3v) is 4.37. The summed E-state index contributed by atoms with van der Waals surface area (Å²) < 4.78 is 0.919. The number of rotatable bonds is 4. The van der Waals surface area contributed by atoms with E-state index in [1.807, 2.05) is 24.3 Å². The van der Waals surface area contributed by atoms with Gasteiger partial charge in [-0.2, -0.15) is 0 Å². The van der Waals surface area contributed by atoms with E-state index in [-0.39, 0.29) is 24.4 Å². The van der Waals surface area contributed by atoms with Gasteiger partial charge in [-0.3, -0.25) is 4.79 Å². The smallest absolute Gasteiger partial charge is 0.251 e. The second-order valence-corrected chi connectivity index (χ2v) is 6.14. The SMILES string of the molecule is Cl.NCC(NC(=O)c1cccc(Br)c1)C1CCCCC1. The molecule has 3 nitrogen and oxygen atoms in total. The van der Waals surface area contributed by atoms with Crippen LogP contribution in [-0.4, -0.2) is 18.5 Å². The van der Waals surface area contributed by atoms with E-state index < -0.39 is 0 Å². The highest BCUT2D eigenvalue weighted by atomic mass is 79.9. The Labute approximate surface area is 135 Å². The number of halogens is 2. The van der Waals surface area contributed by atoms with E-state index in [1.54, 1.807) is 0 Å². The highest BCUT2D eigenvalue weighted by Crippen LogP contribution is 2.26. The minimum atomic E-state index is -0.0256. The van der Waals surface area contributed by atoms with Crippen molar-refractivity contribution < 1.29 is 4.79 Å². The van der Waals surface area contributed by atoms with E-state index in [0.717, 1.165) is 4.47 Å². The van der Waals surface area contributed by atoms with E-state index in [0.29, 0.717) is 18.0 Å². The molecule has 2 rings (SSSR count). The van der Waals surface area contributed by atoms with Gasteiger partial charge in [0.05, 0.1) is 0 Å². The van der Waals surface area contributed by atoms with Crippen molar-refractivity contribution in [2.45, 2.75) is 38.1 Å². The number of carbonyl (C=O) groups is 1. The molecule has 0 aliphatic heterocycles. The van der Waals surface area contributed by atoms with Crippen molar-refractivity contribution in [1.29, 1.82) is 0 Å². The van der Waals surface area contributed by atoms with Gasteiger partial charge in [0, 0.05) is 22.6 Å². The molecular weight excluding hydrogens is 340 g/mol. The fourth-order valence-corrected chi connectivity index (χ4v) is 3.19. The zero-order valence-corrected chi connectivity index (χ0v) is 13.9. The van der Waals surface area contributed by atoms with Gasteiger partial charge < -0.3 is 11.1 Å². The first kappa shape index (κ1) is 17.5. The van der Waals surface area contributed by atoms with Crippen molar-refractivity contribution in [3.8, 4) is 0 Å². The van der Waals surface area contributed by atoms with Gasteiger partial charge in [0.2, 0.25) is 0 Å². The Morgan fingerprint density at radius 1 is 1.35 bits per heavy atom. The lowest BCUT2D eigenvalue weighted by molar-refractivity contribution is 0.0915. The monoisotopic (exact) mass is 360 g/mol. The summed E-state index contributed by atoms with van der Waals surface area (Å²) >= 11 is 3.39. The molecule has 1 saturated carbocycles. The molecule has 1 aromatic rings. The lowest BCUT2D eigenvalue weighted by atomic mass is 9.84. The number of hydrogen-bond acceptors (Lipinski definition) is 2. The van der Waals surface area contributed by atoms with Crippen molar-refractivity contribution in [3.05, 3.63) is 34.3 Å². The molecule has 0 spiro atoms. The van der Waals surface area contributed by atoms with E-state index in [9.17, 15) is 4.79 Å². The maximum atomic E-state index is 12.2. The summed E-state index contributed by atoms with van der Waals surface area (Å²) in [6, 6.07) is 7.56. The Balaban J connectivity index is 0.00000200. The molecule has 0 heterocycles. The number of amides is 1. The van der Waals surface area contributed by atoms with E-state index >= 15 is 0 Å². The summed E-state index contributed by atoms with van der Waals surface area (Å²) in [5.74, 6) is 0.511. The van der Waals surface area contributed by atoms with Crippen LogP contribution in [0, 0.1) is 5.92 Å². The van der Waals surface area contributed by atoms with E-state index in [2.05, 4.69) is 21.2 Å². The van der Waals surface area contributed by atoms with E-state index in [1.165, 1.54) is 32.1 Å². The molecule has 112 valence electrons. The van der Waals surface area contributed by atoms with Crippen LogP contribution in [0.25, 0.3) is 0 Å². The molecule has 1 unspecified atom stereocenters. The van der Waals surface area contributed by atoms with Crippen LogP contribution in [0.1, 0.15) is 42.5 Å². The fraction of sp³-hybridized carbons (Fsp3) is 0.533. The van der Waals surface area contributed by atoms with Gasteiger partial charge in [0.15, 0.2) is 0 Å². The minimum absolute atomic E-state index is 0. The zero-order valence-electron chi connectivity index (χ0n) is 11.5. The van der Waals surface area contributed by atoms with Gasteiger partial charge in [-0.1, -0.05) is 41.3 Å². The lowest BCUT2D eigenvalue weighted by Gasteiger charge is -2.30. The molecule has 3 N–H and O–H groups in total. The van der Waals surface area contributed by atoms with Crippen LogP contribution in [0.4, 0.5) is 0 Å². The summed E-state index contributed by atoms with van der Waals surface area (Å²) in [6.07, 6.45) is 6.19. The molecule has 1 amide bonds. The predicted molar refractivity (Wildman–Crippen MR) is 88.3 cm³/mol. The van der Waals surface area contributed by atoms with Crippen LogP contribution < -0.4 is 11.1 Å². The summed E-state index contributed by atoms with van der Waals surface area (Å²) in [7, 11) is 0. The fourth-order valence-electron chi connectivity index (χ4n) is 2.79. The molecule has 5 heteroatoms. The van der Waals surface area contributed by atoms with Crippen LogP contribution in [0.15, 0.2) is 28.7 Å². The third kappa shape index (κ3) is 4.76. The largest absolute Gasteiger partial charge is 0.348 e. The molecule has 0 bridgehead atoms. The Morgan fingerprint density at radius 3 is 2.65 bits per heavy atom. The van der Waals surface area contributed by atoms with Crippen LogP contribution in [0.3, 0.4) is 0 Å². The Hall–Kier alpha value is -0.580. The predicted octanol–water partition coefficient (Wildman–Crippen LogP) is 3.51. The quantitative estimate of drug-likeness (QED) is 0.862. The topological polar surface area (TPSA) is 55.1 Å². The summed E-state index contributed by atoms with van der Waals surface area (Å²) in [5.41, 5.74) is 6.52. The second-order valence-electron chi connectivity index (χ2n) is 5.22. The average Bonchev–Trinajstić information content (AvgIpc) is 2.45. The average molecular weight is 362 g/mol. The molecule has 20 heavy (non-hydrogen) atoms. The van der Waals surface area contributed by atoms with Crippen molar-refractivity contribution in [2.75, 3.05) is 6.54 Å². The zero-order chi connectivity index (χ0) is 13.7. The highest BCUT2D eigenvalue weighted by Gasteiger charge is 2.24. The second kappa shape index (κ2) is 8.65. The third-order valence-electron chi connectivity index (χ3n) is 3.88. The highest BCUT2D eigenvalue weighted by molar-refractivity contribution is 9.10. The maximum Gasteiger partial charge on any atom is 0.251 e. The Bertz CT molecular complexity index is 436. The molecule has 1 aliphatic rings. The number of benzene rings is 1. The number of nitrogens with two attached hydrogens (primary N) is 1. The minimum Gasteiger partial charge on any atom is -0.348 e.